The lowest BCUT2D eigenvalue weighted by molar-refractivity contribution is -0.122. The quantitative estimate of drug-likeness (QED) is 0.843. The third-order valence-corrected chi connectivity index (χ3v) is 4.96. The Morgan fingerprint density at radius 2 is 2.16 bits per heavy atom. The second-order valence-corrected chi connectivity index (χ2v) is 7.02. The molecule has 1 fully saturated rings. The van der Waals surface area contributed by atoms with Gasteiger partial charge < -0.3 is 5.32 Å². The van der Waals surface area contributed by atoms with Gasteiger partial charge in [-0.05, 0) is 44.4 Å². The number of rotatable bonds is 7. The molecule has 0 bridgehead atoms. The lowest BCUT2D eigenvalue weighted by Crippen LogP contribution is -2.37. The van der Waals surface area contributed by atoms with Crippen LogP contribution in [0.1, 0.15) is 43.4 Å². The first-order chi connectivity index (χ1) is 12.1. The van der Waals surface area contributed by atoms with Crippen molar-refractivity contribution in [3.63, 3.8) is 0 Å². The van der Waals surface area contributed by atoms with Gasteiger partial charge in [-0.1, -0.05) is 30.3 Å². The summed E-state index contributed by atoms with van der Waals surface area (Å²) in [6.07, 6.45) is 6.92. The number of aromatic nitrogens is 2. The fourth-order valence-corrected chi connectivity index (χ4v) is 3.56. The molecule has 0 radical (unpaired) electrons. The van der Waals surface area contributed by atoms with Crippen LogP contribution in [0.3, 0.4) is 0 Å². The minimum absolute atomic E-state index is 0.0510. The zero-order chi connectivity index (χ0) is 17.6. The van der Waals surface area contributed by atoms with Crippen LogP contribution in [0.15, 0.2) is 42.7 Å². The first-order valence-corrected chi connectivity index (χ1v) is 9.19. The highest BCUT2D eigenvalue weighted by molar-refractivity contribution is 5.76. The molecule has 5 heteroatoms. The van der Waals surface area contributed by atoms with Gasteiger partial charge in [0.2, 0.25) is 5.91 Å². The molecule has 0 unspecified atom stereocenters. The summed E-state index contributed by atoms with van der Waals surface area (Å²) in [7, 11) is 0. The second-order valence-electron chi connectivity index (χ2n) is 7.02. The standard InChI is InChI=1S/C20H28N4O/c1-16-13-21-24(14-16)15-19-9-6-11-23(19)12-10-20(25)22-17(2)18-7-4-3-5-8-18/h3-5,7-8,13-14,17,19H,6,9-12,15H2,1-2H3,(H,22,25)/t17-,19+/m0/s1. The molecule has 134 valence electrons. The van der Waals surface area contributed by atoms with Crippen LogP contribution in [0.25, 0.3) is 0 Å². The number of nitrogens with zero attached hydrogens (tertiary/aromatic N) is 3. The molecule has 1 aromatic carbocycles. The van der Waals surface area contributed by atoms with Crippen molar-refractivity contribution in [2.24, 2.45) is 0 Å². The second kappa shape index (κ2) is 8.30. The van der Waals surface area contributed by atoms with E-state index in [2.05, 4.69) is 28.4 Å². The number of aryl methyl sites for hydroxylation is 1. The Morgan fingerprint density at radius 1 is 1.36 bits per heavy atom. The normalized spacial score (nSPS) is 19.0. The molecular formula is C20H28N4O. The van der Waals surface area contributed by atoms with Gasteiger partial charge in [-0.15, -0.1) is 0 Å². The first-order valence-electron chi connectivity index (χ1n) is 9.19. The highest BCUT2D eigenvalue weighted by Crippen LogP contribution is 2.19. The molecule has 2 atom stereocenters. The molecule has 3 rings (SSSR count). The minimum Gasteiger partial charge on any atom is -0.350 e. The van der Waals surface area contributed by atoms with Gasteiger partial charge in [0, 0.05) is 25.2 Å². The maximum absolute atomic E-state index is 12.3. The van der Waals surface area contributed by atoms with Crippen LogP contribution < -0.4 is 5.32 Å². The number of carbonyl (C=O) groups is 1. The number of likely N-dealkylation sites (tertiary alicyclic amines) is 1. The third kappa shape index (κ3) is 4.92. The molecule has 2 aromatic rings. The van der Waals surface area contributed by atoms with Crippen molar-refractivity contribution in [3.05, 3.63) is 53.9 Å². The maximum Gasteiger partial charge on any atom is 0.221 e. The predicted octanol–water partition coefficient (Wildman–Crippen LogP) is 2.92. The molecule has 1 N–H and O–H groups in total. The van der Waals surface area contributed by atoms with Gasteiger partial charge in [0.15, 0.2) is 0 Å². The highest BCUT2D eigenvalue weighted by atomic mass is 16.1. The number of amides is 1. The smallest absolute Gasteiger partial charge is 0.221 e. The van der Waals surface area contributed by atoms with Crippen LogP contribution >= 0.6 is 0 Å². The van der Waals surface area contributed by atoms with Gasteiger partial charge in [-0.3, -0.25) is 14.4 Å². The van der Waals surface area contributed by atoms with E-state index in [9.17, 15) is 4.79 Å². The van der Waals surface area contributed by atoms with Crippen LogP contribution in [0.4, 0.5) is 0 Å². The van der Waals surface area contributed by atoms with Crippen LogP contribution in [0, 0.1) is 6.92 Å². The lowest BCUT2D eigenvalue weighted by atomic mass is 10.1. The average Bonchev–Trinajstić information content (AvgIpc) is 3.23. The molecule has 0 spiro atoms. The predicted molar refractivity (Wildman–Crippen MR) is 99.2 cm³/mol. The maximum atomic E-state index is 12.3. The Hall–Kier alpha value is -2.14. The van der Waals surface area contributed by atoms with Crippen molar-refractivity contribution in [3.8, 4) is 0 Å². The molecule has 0 aliphatic carbocycles. The minimum atomic E-state index is 0.0510. The van der Waals surface area contributed by atoms with E-state index in [4.69, 9.17) is 0 Å². The van der Waals surface area contributed by atoms with Gasteiger partial charge in [0.05, 0.1) is 18.8 Å². The molecule has 2 heterocycles. The van der Waals surface area contributed by atoms with Gasteiger partial charge in [-0.2, -0.15) is 5.10 Å². The van der Waals surface area contributed by atoms with E-state index in [0.717, 1.165) is 25.2 Å². The first kappa shape index (κ1) is 17.7. The summed E-state index contributed by atoms with van der Waals surface area (Å²) >= 11 is 0. The van der Waals surface area contributed by atoms with Crippen molar-refractivity contribution in [1.29, 1.82) is 0 Å². The summed E-state index contributed by atoms with van der Waals surface area (Å²) in [5.41, 5.74) is 2.34. The van der Waals surface area contributed by atoms with Gasteiger partial charge >= 0.3 is 0 Å². The van der Waals surface area contributed by atoms with Gasteiger partial charge in [0.1, 0.15) is 0 Å². The molecular weight excluding hydrogens is 312 g/mol. The Bertz CT molecular complexity index is 682. The van der Waals surface area contributed by atoms with Gasteiger partial charge in [-0.25, -0.2) is 0 Å². The molecule has 1 aliphatic rings. The number of nitrogens with one attached hydrogen (secondary N) is 1. The topological polar surface area (TPSA) is 50.2 Å². The Labute approximate surface area is 150 Å². The average molecular weight is 340 g/mol. The van der Waals surface area contributed by atoms with Crippen molar-refractivity contribution in [2.45, 2.75) is 51.7 Å². The zero-order valence-electron chi connectivity index (χ0n) is 15.2. The van der Waals surface area contributed by atoms with Gasteiger partial charge in [0.25, 0.3) is 0 Å². The van der Waals surface area contributed by atoms with E-state index >= 15 is 0 Å². The monoisotopic (exact) mass is 340 g/mol. The lowest BCUT2D eigenvalue weighted by Gasteiger charge is -2.24. The van der Waals surface area contributed by atoms with E-state index in [0.29, 0.717) is 12.5 Å². The van der Waals surface area contributed by atoms with Crippen LogP contribution in [0.2, 0.25) is 0 Å². The Morgan fingerprint density at radius 3 is 2.88 bits per heavy atom. The molecule has 25 heavy (non-hydrogen) atoms. The molecule has 0 saturated carbocycles. The van der Waals surface area contributed by atoms with Crippen LogP contribution in [-0.4, -0.2) is 39.7 Å². The summed E-state index contributed by atoms with van der Waals surface area (Å²) in [5.74, 6) is 0.122. The summed E-state index contributed by atoms with van der Waals surface area (Å²) in [6, 6.07) is 10.6. The van der Waals surface area contributed by atoms with Crippen LogP contribution in [-0.2, 0) is 11.3 Å². The number of hydrogen-bond donors (Lipinski definition) is 1. The SMILES string of the molecule is Cc1cnn(C[C@H]2CCCN2CCC(=O)N[C@@H](C)c2ccccc2)c1. The summed E-state index contributed by atoms with van der Waals surface area (Å²) in [4.78, 5) is 14.7. The molecule has 1 aromatic heterocycles. The van der Waals surface area contributed by atoms with Crippen molar-refractivity contribution in [1.82, 2.24) is 20.0 Å². The zero-order valence-corrected chi connectivity index (χ0v) is 15.2. The van der Waals surface area contributed by atoms with E-state index in [1.807, 2.05) is 48.1 Å². The fourth-order valence-electron chi connectivity index (χ4n) is 3.56. The van der Waals surface area contributed by atoms with Crippen molar-refractivity contribution in [2.75, 3.05) is 13.1 Å². The Kier molecular flexibility index (Phi) is 5.87. The highest BCUT2D eigenvalue weighted by Gasteiger charge is 2.25. The molecule has 1 amide bonds. The Balaban J connectivity index is 1.46. The molecule has 5 nitrogen and oxygen atoms in total. The van der Waals surface area contributed by atoms with E-state index in [1.165, 1.54) is 18.4 Å². The van der Waals surface area contributed by atoms with E-state index in [1.54, 1.807) is 0 Å². The molecule has 1 aliphatic heterocycles. The van der Waals surface area contributed by atoms with E-state index in [-0.39, 0.29) is 11.9 Å². The number of carbonyl (C=O) groups excluding carboxylic acids is 1. The number of benzene rings is 1. The van der Waals surface area contributed by atoms with Crippen molar-refractivity contribution < 1.29 is 4.79 Å². The molecule has 1 saturated heterocycles. The summed E-state index contributed by atoms with van der Waals surface area (Å²) < 4.78 is 2.02. The van der Waals surface area contributed by atoms with E-state index < -0.39 is 0 Å². The largest absolute Gasteiger partial charge is 0.350 e. The summed E-state index contributed by atoms with van der Waals surface area (Å²) in [6.45, 7) is 6.90. The summed E-state index contributed by atoms with van der Waals surface area (Å²) in [5, 5.41) is 7.50. The third-order valence-electron chi connectivity index (χ3n) is 4.96. The number of hydrogen-bond acceptors (Lipinski definition) is 3. The fraction of sp³-hybridized carbons (Fsp3) is 0.500. The van der Waals surface area contributed by atoms with Crippen molar-refractivity contribution >= 4 is 5.91 Å². The van der Waals surface area contributed by atoms with Crippen LogP contribution in [0.5, 0.6) is 0 Å².